The molecule has 0 bridgehead atoms. The molecule has 0 radical (unpaired) electrons. The Bertz CT molecular complexity index is 1580. The summed E-state index contributed by atoms with van der Waals surface area (Å²) in [6, 6.07) is 13.2. The first kappa shape index (κ1) is 22.6. The van der Waals surface area contributed by atoms with E-state index in [0.717, 1.165) is 27.1 Å². The van der Waals surface area contributed by atoms with Gasteiger partial charge < -0.3 is 4.90 Å². The summed E-state index contributed by atoms with van der Waals surface area (Å²) >= 11 is 7.70. The molecule has 1 aliphatic heterocycles. The number of hydrogen-bond acceptors (Lipinski definition) is 4. The van der Waals surface area contributed by atoms with Crippen molar-refractivity contribution in [2.24, 2.45) is 0 Å². The molecule has 8 heteroatoms. The normalized spacial score (nSPS) is 13.4. The zero-order chi connectivity index (χ0) is 24.1. The number of amides is 1. The molecule has 0 aliphatic carbocycles. The molecule has 0 spiro atoms. The van der Waals surface area contributed by atoms with E-state index in [-0.39, 0.29) is 11.5 Å². The second-order valence-corrected chi connectivity index (χ2v) is 10.3. The molecule has 2 aromatic heterocycles. The predicted octanol–water partition coefficient (Wildman–Crippen LogP) is 4.44. The number of carbonyl (C=O) groups is 1. The molecule has 0 fully saturated rings. The van der Waals surface area contributed by atoms with Crippen LogP contribution < -0.4 is 11.2 Å². The Balaban J connectivity index is 1.83. The quantitative estimate of drug-likeness (QED) is 0.424. The van der Waals surface area contributed by atoms with Crippen molar-refractivity contribution in [1.82, 2.24) is 14.0 Å². The maximum absolute atomic E-state index is 13.9. The number of benzene rings is 2. The number of rotatable bonds is 3. The van der Waals surface area contributed by atoms with Crippen LogP contribution in [0, 0.1) is 13.8 Å². The summed E-state index contributed by atoms with van der Waals surface area (Å²) < 4.78 is 2.94. The summed E-state index contributed by atoms with van der Waals surface area (Å²) in [7, 11) is 0. The highest BCUT2D eigenvalue weighted by atomic mass is 35.5. The van der Waals surface area contributed by atoms with Crippen LogP contribution in [0.2, 0.25) is 5.02 Å². The fourth-order valence-corrected chi connectivity index (χ4v) is 6.16. The minimum atomic E-state index is -0.397. The Kier molecular flexibility index (Phi) is 5.70. The second-order valence-electron chi connectivity index (χ2n) is 8.80. The molecule has 0 atom stereocenters. The van der Waals surface area contributed by atoms with Crippen molar-refractivity contribution in [3.63, 3.8) is 0 Å². The van der Waals surface area contributed by atoms with Gasteiger partial charge in [0, 0.05) is 23.4 Å². The van der Waals surface area contributed by atoms with Crippen LogP contribution in [0.4, 0.5) is 0 Å². The van der Waals surface area contributed by atoms with Crippen LogP contribution in [-0.4, -0.2) is 26.5 Å². The first-order chi connectivity index (χ1) is 16.2. The molecule has 4 aromatic rings. The lowest BCUT2D eigenvalue weighted by atomic mass is 10.0. The maximum Gasteiger partial charge on any atom is 0.337 e. The number of nitrogens with zero attached hydrogens (tertiary/aromatic N) is 3. The van der Waals surface area contributed by atoms with Crippen molar-refractivity contribution in [2.45, 2.75) is 40.3 Å². The van der Waals surface area contributed by atoms with E-state index in [0.29, 0.717) is 47.0 Å². The highest BCUT2D eigenvalue weighted by molar-refractivity contribution is 7.18. The molecule has 34 heavy (non-hydrogen) atoms. The van der Waals surface area contributed by atoms with E-state index in [1.807, 2.05) is 44.2 Å². The summed E-state index contributed by atoms with van der Waals surface area (Å²) in [6.07, 6.45) is 0.585. The van der Waals surface area contributed by atoms with E-state index >= 15 is 0 Å². The monoisotopic (exact) mass is 493 g/mol. The lowest BCUT2D eigenvalue weighted by Gasteiger charge is -2.25. The highest BCUT2D eigenvalue weighted by Crippen LogP contribution is 2.33. The van der Waals surface area contributed by atoms with Gasteiger partial charge in [-0.2, -0.15) is 0 Å². The van der Waals surface area contributed by atoms with Gasteiger partial charge in [0.15, 0.2) is 0 Å². The van der Waals surface area contributed by atoms with Crippen molar-refractivity contribution < 1.29 is 4.79 Å². The van der Waals surface area contributed by atoms with Gasteiger partial charge in [-0.05, 0) is 49.1 Å². The number of aromatic nitrogens is 2. The molecule has 0 N–H and O–H groups in total. The topological polar surface area (TPSA) is 64.3 Å². The van der Waals surface area contributed by atoms with Crippen molar-refractivity contribution in [3.05, 3.63) is 95.5 Å². The van der Waals surface area contributed by atoms with Gasteiger partial charge in [0.05, 0.1) is 24.2 Å². The molecule has 0 unspecified atom stereocenters. The molecule has 174 valence electrons. The van der Waals surface area contributed by atoms with E-state index in [9.17, 15) is 14.4 Å². The molecular weight excluding hydrogens is 470 g/mol. The molecule has 6 nitrogen and oxygen atoms in total. The Labute approximate surface area is 205 Å². The standard InChI is InChI=1S/C26H24ClN3O3S/c1-15-5-4-6-18(11-15)13-29-25-23(20-9-10-28(17(3)31)14-22(20)34-25)24(32)30(26(29)33)21-12-19(27)8-7-16(21)2/h4-8,11-12H,9-10,13-14H2,1-3H3. The lowest BCUT2D eigenvalue weighted by Crippen LogP contribution is -2.39. The van der Waals surface area contributed by atoms with Gasteiger partial charge in [-0.15, -0.1) is 11.3 Å². The Morgan fingerprint density at radius 3 is 2.65 bits per heavy atom. The summed E-state index contributed by atoms with van der Waals surface area (Å²) in [4.78, 5) is 43.1. The summed E-state index contributed by atoms with van der Waals surface area (Å²) in [5, 5.41) is 1.02. The van der Waals surface area contributed by atoms with Gasteiger partial charge in [-0.1, -0.05) is 47.5 Å². The Morgan fingerprint density at radius 1 is 1.12 bits per heavy atom. The summed E-state index contributed by atoms with van der Waals surface area (Å²) in [5.41, 5.74) is 3.57. The average molecular weight is 494 g/mol. The zero-order valence-electron chi connectivity index (χ0n) is 19.2. The molecule has 3 heterocycles. The van der Waals surface area contributed by atoms with Gasteiger partial charge in [0.1, 0.15) is 4.83 Å². The molecule has 1 amide bonds. The second kappa shape index (κ2) is 8.56. The fourth-order valence-electron chi connectivity index (χ4n) is 4.64. The Morgan fingerprint density at radius 2 is 1.91 bits per heavy atom. The van der Waals surface area contributed by atoms with Crippen molar-refractivity contribution in [2.75, 3.05) is 6.54 Å². The van der Waals surface area contributed by atoms with Crippen molar-refractivity contribution >= 4 is 39.1 Å². The smallest absolute Gasteiger partial charge is 0.337 e. The third-order valence-electron chi connectivity index (χ3n) is 6.40. The van der Waals surface area contributed by atoms with Gasteiger partial charge in [0.25, 0.3) is 5.56 Å². The van der Waals surface area contributed by atoms with Crippen LogP contribution >= 0.6 is 22.9 Å². The number of halogens is 1. The third kappa shape index (κ3) is 3.79. The van der Waals surface area contributed by atoms with Crippen LogP contribution in [0.1, 0.15) is 34.1 Å². The SMILES string of the molecule is CC(=O)N1CCc2c(sc3c2c(=O)n(-c2cc(Cl)ccc2C)c(=O)n3Cc2cccc(C)c2)C1. The van der Waals surface area contributed by atoms with Gasteiger partial charge >= 0.3 is 5.69 Å². The van der Waals surface area contributed by atoms with Crippen LogP contribution in [0.25, 0.3) is 15.9 Å². The molecule has 0 saturated carbocycles. The van der Waals surface area contributed by atoms with E-state index in [1.165, 1.54) is 15.9 Å². The number of thiophene rings is 1. The number of aryl methyl sites for hydroxylation is 2. The Hall–Kier alpha value is -3.16. The van der Waals surface area contributed by atoms with E-state index < -0.39 is 5.69 Å². The molecule has 5 rings (SSSR count). The van der Waals surface area contributed by atoms with Gasteiger partial charge in [-0.25, -0.2) is 9.36 Å². The van der Waals surface area contributed by atoms with Crippen LogP contribution in [0.3, 0.4) is 0 Å². The highest BCUT2D eigenvalue weighted by Gasteiger charge is 2.28. The molecule has 2 aromatic carbocycles. The minimum absolute atomic E-state index is 0.00669. The first-order valence-corrected chi connectivity index (χ1v) is 12.3. The van der Waals surface area contributed by atoms with Crippen molar-refractivity contribution in [1.29, 1.82) is 0 Å². The molecular formula is C26H24ClN3O3S. The van der Waals surface area contributed by atoms with E-state index in [1.54, 1.807) is 28.5 Å². The van der Waals surface area contributed by atoms with Gasteiger partial charge in [-0.3, -0.25) is 14.2 Å². The van der Waals surface area contributed by atoms with E-state index in [4.69, 9.17) is 11.6 Å². The van der Waals surface area contributed by atoms with Crippen LogP contribution in [0.15, 0.2) is 52.1 Å². The minimum Gasteiger partial charge on any atom is -0.337 e. The lowest BCUT2D eigenvalue weighted by molar-refractivity contribution is -0.129. The largest absolute Gasteiger partial charge is 0.337 e. The molecule has 1 aliphatic rings. The van der Waals surface area contributed by atoms with E-state index in [2.05, 4.69) is 0 Å². The summed E-state index contributed by atoms with van der Waals surface area (Å²) in [6.45, 7) is 6.78. The third-order valence-corrected chi connectivity index (χ3v) is 7.88. The zero-order valence-corrected chi connectivity index (χ0v) is 20.8. The maximum atomic E-state index is 13.9. The molecule has 0 saturated heterocycles. The first-order valence-electron chi connectivity index (χ1n) is 11.1. The average Bonchev–Trinajstić information content (AvgIpc) is 3.18. The van der Waals surface area contributed by atoms with Crippen LogP contribution in [0.5, 0.6) is 0 Å². The number of carbonyl (C=O) groups excluding carboxylic acids is 1. The van der Waals surface area contributed by atoms with Gasteiger partial charge in [0.2, 0.25) is 5.91 Å². The summed E-state index contributed by atoms with van der Waals surface area (Å²) in [5.74, 6) is 0.00669. The number of fused-ring (bicyclic) bond motifs is 3. The number of hydrogen-bond donors (Lipinski definition) is 0. The fraction of sp³-hybridized carbons (Fsp3) is 0.269. The predicted molar refractivity (Wildman–Crippen MR) is 137 cm³/mol. The van der Waals surface area contributed by atoms with Crippen LogP contribution in [-0.2, 0) is 24.3 Å². The van der Waals surface area contributed by atoms with Crippen molar-refractivity contribution in [3.8, 4) is 5.69 Å².